The van der Waals surface area contributed by atoms with Crippen LogP contribution in [0.25, 0.3) is 0 Å². The van der Waals surface area contributed by atoms with E-state index in [0.29, 0.717) is 10.8 Å². The molecule has 1 amide bonds. The number of aryl methyl sites for hydroxylation is 2. The summed E-state index contributed by atoms with van der Waals surface area (Å²) in [7, 11) is 0. The molecule has 0 atom stereocenters. The van der Waals surface area contributed by atoms with E-state index in [1.807, 2.05) is 19.9 Å². The largest absolute Gasteiger partial charge is 0.482 e. The Morgan fingerprint density at radius 3 is 2.46 bits per heavy atom. The van der Waals surface area contributed by atoms with Crippen molar-refractivity contribution in [2.45, 2.75) is 13.8 Å². The van der Waals surface area contributed by atoms with Crippen molar-refractivity contribution in [1.29, 1.82) is 0 Å². The number of carbonyl (C=O) groups excluding carboxylic acids is 1. The van der Waals surface area contributed by atoms with Gasteiger partial charge < -0.3 is 15.2 Å². The molecular formula is C17H15Cl2NO4. The highest BCUT2D eigenvalue weighted by atomic mass is 35.5. The van der Waals surface area contributed by atoms with E-state index in [4.69, 9.17) is 33.0 Å². The molecule has 0 radical (unpaired) electrons. The van der Waals surface area contributed by atoms with Gasteiger partial charge in [-0.05, 0) is 49.2 Å². The molecule has 0 spiro atoms. The standard InChI is InChI=1S/C17H15Cl2NO4/c1-9-5-10(2)16(13(19)6-9)24-8-15(21)20-14-7-11(17(22)23)3-4-12(14)18/h3-7H,8H2,1-2H3,(H,20,21)(H,22,23). The monoisotopic (exact) mass is 367 g/mol. The number of ether oxygens (including phenoxy) is 1. The molecule has 0 aliphatic rings. The Morgan fingerprint density at radius 1 is 1.12 bits per heavy atom. The SMILES string of the molecule is Cc1cc(C)c(OCC(=O)Nc2cc(C(=O)O)ccc2Cl)c(Cl)c1. The Balaban J connectivity index is 2.07. The first kappa shape index (κ1) is 18.1. The first-order valence-corrected chi connectivity index (χ1v) is 7.75. The average molecular weight is 368 g/mol. The Morgan fingerprint density at radius 2 is 1.83 bits per heavy atom. The van der Waals surface area contributed by atoms with Gasteiger partial charge in [-0.25, -0.2) is 4.79 Å². The quantitative estimate of drug-likeness (QED) is 0.824. The third-order valence-corrected chi connectivity index (χ3v) is 3.82. The molecule has 0 saturated heterocycles. The first-order chi connectivity index (χ1) is 11.3. The maximum Gasteiger partial charge on any atom is 0.335 e. The van der Waals surface area contributed by atoms with Crippen molar-refractivity contribution in [2.75, 3.05) is 11.9 Å². The van der Waals surface area contributed by atoms with Crippen molar-refractivity contribution in [1.82, 2.24) is 0 Å². The molecule has 0 aromatic heterocycles. The minimum Gasteiger partial charge on any atom is -0.482 e. The molecule has 2 N–H and O–H groups in total. The molecule has 0 unspecified atom stereocenters. The maximum absolute atomic E-state index is 12.0. The Hall–Kier alpha value is -2.24. The molecule has 0 bridgehead atoms. The normalized spacial score (nSPS) is 10.3. The fourth-order valence-corrected chi connectivity index (χ4v) is 2.70. The lowest BCUT2D eigenvalue weighted by atomic mass is 10.1. The summed E-state index contributed by atoms with van der Waals surface area (Å²) in [6.07, 6.45) is 0. The van der Waals surface area contributed by atoms with Crippen LogP contribution in [-0.2, 0) is 4.79 Å². The molecule has 2 aromatic carbocycles. The van der Waals surface area contributed by atoms with Crippen LogP contribution >= 0.6 is 23.2 Å². The second kappa shape index (κ2) is 7.55. The van der Waals surface area contributed by atoms with E-state index in [2.05, 4.69) is 5.32 Å². The van der Waals surface area contributed by atoms with Crippen LogP contribution in [0.4, 0.5) is 5.69 Å². The molecule has 5 nitrogen and oxygen atoms in total. The Bertz CT molecular complexity index is 782. The topological polar surface area (TPSA) is 75.6 Å². The highest BCUT2D eigenvalue weighted by Crippen LogP contribution is 2.30. The number of rotatable bonds is 5. The number of anilines is 1. The fraction of sp³-hybridized carbons (Fsp3) is 0.176. The molecular weight excluding hydrogens is 353 g/mol. The second-order valence-corrected chi connectivity index (χ2v) is 6.04. The highest BCUT2D eigenvalue weighted by Gasteiger charge is 2.12. The van der Waals surface area contributed by atoms with Crippen LogP contribution in [0.1, 0.15) is 21.5 Å². The van der Waals surface area contributed by atoms with Crippen molar-refractivity contribution in [3.05, 3.63) is 57.1 Å². The zero-order chi connectivity index (χ0) is 17.9. The van der Waals surface area contributed by atoms with Crippen LogP contribution in [0.15, 0.2) is 30.3 Å². The molecule has 0 saturated carbocycles. The van der Waals surface area contributed by atoms with Crippen LogP contribution in [-0.4, -0.2) is 23.6 Å². The van der Waals surface area contributed by atoms with Gasteiger partial charge in [-0.2, -0.15) is 0 Å². The third kappa shape index (κ3) is 4.40. The van der Waals surface area contributed by atoms with Gasteiger partial charge in [0.1, 0.15) is 5.75 Å². The number of amides is 1. The van der Waals surface area contributed by atoms with Crippen LogP contribution < -0.4 is 10.1 Å². The Kier molecular flexibility index (Phi) is 5.70. The number of nitrogens with one attached hydrogen (secondary N) is 1. The zero-order valence-electron chi connectivity index (χ0n) is 13.0. The fourth-order valence-electron chi connectivity index (χ4n) is 2.16. The number of benzene rings is 2. The van der Waals surface area contributed by atoms with Gasteiger partial charge in [0, 0.05) is 0 Å². The zero-order valence-corrected chi connectivity index (χ0v) is 14.5. The van der Waals surface area contributed by atoms with E-state index in [-0.39, 0.29) is 22.9 Å². The summed E-state index contributed by atoms with van der Waals surface area (Å²) in [5.41, 5.74) is 2.04. The first-order valence-electron chi connectivity index (χ1n) is 7.00. The summed E-state index contributed by atoms with van der Waals surface area (Å²) in [5, 5.41) is 12.2. The number of halogens is 2. The van der Waals surface area contributed by atoms with Crippen LogP contribution in [0.3, 0.4) is 0 Å². The van der Waals surface area contributed by atoms with E-state index >= 15 is 0 Å². The van der Waals surface area contributed by atoms with Gasteiger partial charge >= 0.3 is 5.97 Å². The van der Waals surface area contributed by atoms with E-state index in [9.17, 15) is 9.59 Å². The molecule has 24 heavy (non-hydrogen) atoms. The molecule has 0 aliphatic heterocycles. The van der Waals surface area contributed by atoms with Gasteiger partial charge in [0.25, 0.3) is 5.91 Å². The van der Waals surface area contributed by atoms with Crippen molar-refractivity contribution < 1.29 is 19.4 Å². The molecule has 0 aliphatic carbocycles. The predicted octanol–water partition coefficient (Wildman–Crippen LogP) is 4.33. The number of aromatic carboxylic acids is 1. The Labute approximate surface area is 149 Å². The summed E-state index contributed by atoms with van der Waals surface area (Å²) >= 11 is 12.1. The minimum atomic E-state index is -1.11. The smallest absolute Gasteiger partial charge is 0.335 e. The van der Waals surface area contributed by atoms with Gasteiger partial charge in [0.15, 0.2) is 6.61 Å². The van der Waals surface area contributed by atoms with Gasteiger partial charge in [-0.3, -0.25) is 4.79 Å². The lowest BCUT2D eigenvalue weighted by Gasteiger charge is -2.13. The van der Waals surface area contributed by atoms with Gasteiger partial charge in [0.05, 0.1) is 21.3 Å². The number of carbonyl (C=O) groups is 2. The minimum absolute atomic E-state index is 0.0213. The molecule has 7 heteroatoms. The summed E-state index contributed by atoms with van der Waals surface area (Å²) in [4.78, 5) is 23.0. The highest BCUT2D eigenvalue weighted by molar-refractivity contribution is 6.34. The maximum atomic E-state index is 12.0. The molecule has 2 aromatic rings. The molecule has 2 rings (SSSR count). The van der Waals surface area contributed by atoms with E-state index in [1.165, 1.54) is 18.2 Å². The third-order valence-electron chi connectivity index (χ3n) is 3.21. The lowest BCUT2D eigenvalue weighted by Crippen LogP contribution is -2.21. The van der Waals surface area contributed by atoms with E-state index < -0.39 is 11.9 Å². The summed E-state index contributed by atoms with van der Waals surface area (Å²) in [6.45, 7) is 3.46. The van der Waals surface area contributed by atoms with Crippen molar-refractivity contribution >= 4 is 40.8 Å². The molecule has 0 fully saturated rings. The summed E-state index contributed by atoms with van der Waals surface area (Å²) < 4.78 is 5.47. The van der Waals surface area contributed by atoms with Crippen molar-refractivity contribution in [2.24, 2.45) is 0 Å². The predicted molar refractivity (Wildman–Crippen MR) is 93.5 cm³/mol. The lowest BCUT2D eigenvalue weighted by molar-refractivity contribution is -0.118. The van der Waals surface area contributed by atoms with Crippen molar-refractivity contribution in [3.63, 3.8) is 0 Å². The number of carboxylic acids is 1. The summed E-state index contributed by atoms with van der Waals surface area (Å²) in [6, 6.07) is 7.68. The van der Waals surface area contributed by atoms with Gasteiger partial charge in [-0.1, -0.05) is 29.3 Å². The average Bonchev–Trinajstić information content (AvgIpc) is 2.48. The van der Waals surface area contributed by atoms with Crippen LogP contribution in [0.5, 0.6) is 5.75 Å². The van der Waals surface area contributed by atoms with Crippen LogP contribution in [0, 0.1) is 13.8 Å². The molecule has 126 valence electrons. The number of carboxylic acid groups (broad SMARTS) is 1. The second-order valence-electron chi connectivity index (χ2n) is 5.23. The molecule has 0 heterocycles. The van der Waals surface area contributed by atoms with Crippen molar-refractivity contribution in [3.8, 4) is 5.75 Å². The van der Waals surface area contributed by atoms with Gasteiger partial charge in [0.2, 0.25) is 0 Å². The number of hydrogen-bond donors (Lipinski definition) is 2. The summed E-state index contributed by atoms with van der Waals surface area (Å²) in [5.74, 6) is -1.15. The van der Waals surface area contributed by atoms with E-state index in [1.54, 1.807) is 6.07 Å². The van der Waals surface area contributed by atoms with Crippen LogP contribution in [0.2, 0.25) is 10.0 Å². The number of hydrogen-bond acceptors (Lipinski definition) is 3. The van der Waals surface area contributed by atoms with Gasteiger partial charge in [-0.15, -0.1) is 0 Å². The van der Waals surface area contributed by atoms with E-state index in [0.717, 1.165) is 11.1 Å².